The van der Waals surface area contributed by atoms with Gasteiger partial charge in [0.2, 0.25) is 5.91 Å². The van der Waals surface area contributed by atoms with E-state index in [9.17, 15) is 23.2 Å². The predicted molar refractivity (Wildman–Crippen MR) is 155 cm³/mol. The molecule has 2 aromatic carbocycles. The summed E-state index contributed by atoms with van der Waals surface area (Å²) < 4.78 is 57.2. The van der Waals surface area contributed by atoms with Crippen LogP contribution < -0.4 is 10.6 Å². The van der Waals surface area contributed by atoms with Gasteiger partial charge in [0.25, 0.3) is 0 Å². The summed E-state index contributed by atoms with van der Waals surface area (Å²) in [6, 6.07) is 8.86. The number of hydrogen-bond acceptors (Lipinski definition) is 6. The van der Waals surface area contributed by atoms with Crippen molar-refractivity contribution in [1.29, 1.82) is 5.26 Å². The Morgan fingerprint density at radius 1 is 1.16 bits per heavy atom. The van der Waals surface area contributed by atoms with E-state index in [2.05, 4.69) is 21.7 Å². The van der Waals surface area contributed by atoms with Crippen LogP contribution in [0, 0.1) is 17.2 Å². The molecule has 3 heterocycles. The van der Waals surface area contributed by atoms with Crippen molar-refractivity contribution in [2.45, 2.75) is 82.4 Å². The number of carbonyl (C=O) groups is 1. The smallest absolute Gasteiger partial charge is 0.407 e. The maximum atomic E-state index is 14.5. The minimum atomic E-state index is -4.68. The number of fused-ring (bicyclic) bond motifs is 3. The lowest BCUT2D eigenvalue weighted by Gasteiger charge is -2.29. The van der Waals surface area contributed by atoms with Crippen LogP contribution in [0.2, 0.25) is 0 Å². The second-order valence-electron chi connectivity index (χ2n) is 12.1. The average Bonchev–Trinajstić information content (AvgIpc) is 3.41. The highest BCUT2D eigenvalue weighted by molar-refractivity contribution is 6.06. The Balaban J connectivity index is 1.29. The molecule has 1 saturated heterocycles. The third kappa shape index (κ3) is 6.12. The van der Waals surface area contributed by atoms with E-state index in [1.807, 2.05) is 36.7 Å². The Bertz CT molecular complexity index is 1670. The van der Waals surface area contributed by atoms with Crippen LogP contribution in [0.25, 0.3) is 33.2 Å². The van der Waals surface area contributed by atoms with Crippen molar-refractivity contribution in [3.63, 3.8) is 0 Å². The minimum Gasteiger partial charge on any atom is -0.456 e. The van der Waals surface area contributed by atoms with Gasteiger partial charge in [0.1, 0.15) is 29.0 Å². The fraction of sp³-hybridized carbons (Fsp3) is 0.469. The number of imidazole rings is 1. The molecule has 0 bridgehead atoms. The molecular weight excluding hydrogens is 559 g/mol. The van der Waals surface area contributed by atoms with Crippen LogP contribution in [0.3, 0.4) is 0 Å². The molecule has 3 atom stereocenters. The van der Waals surface area contributed by atoms with Crippen molar-refractivity contribution in [2.75, 3.05) is 6.61 Å². The number of ether oxygens (including phenoxy) is 1. The molecule has 3 unspecified atom stereocenters. The number of halogens is 3. The fourth-order valence-electron chi connectivity index (χ4n) is 5.75. The first-order chi connectivity index (χ1) is 20.5. The number of rotatable bonds is 9. The van der Waals surface area contributed by atoms with E-state index in [4.69, 9.17) is 9.15 Å². The van der Waals surface area contributed by atoms with Crippen molar-refractivity contribution in [1.82, 2.24) is 20.2 Å². The summed E-state index contributed by atoms with van der Waals surface area (Å²) in [7, 11) is 0. The molecule has 2 fully saturated rings. The normalized spacial score (nSPS) is 19.8. The lowest BCUT2D eigenvalue weighted by atomic mass is 9.98. The molecule has 1 amide bonds. The van der Waals surface area contributed by atoms with Crippen LogP contribution in [0.5, 0.6) is 0 Å². The number of nitriles is 1. The number of aromatic nitrogens is 2. The molecule has 0 spiro atoms. The lowest BCUT2D eigenvalue weighted by Crippen LogP contribution is -2.52. The molecule has 1 aliphatic carbocycles. The Morgan fingerprint density at radius 3 is 2.65 bits per heavy atom. The summed E-state index contributed by atoms with van der Waals surface area (Å²) in [4.78, 5) is 17.6. The van der Waals surface area contributed by atoms with Gasteiger partial charge in [0, 0.05) is 29.1 Å². The van der Waals surface area contributed by atoms with Gasteiger partial charge in [-0.3, -0.25) is 10.1 Å². The first-order valence-corrected chi connectivity index (χ1v) is 14.7. The monoisotopic (exact) mass is 593 g/mol. The number of furan rings is 1. The van der Waals surface area contributed by atoms with Gasteiger partial charge in [-0.1, -0.05) is 26.0 Å². The third-order valence-corrected chi connectivity index (χ3v) is 8.26. The Labute approximate surface area is 247 Å². The van der Waals surface area contributed by atoms with E-state index in [1.165, 1.54) is 12.1 Å². The van der Waals surface area contributed by atoms with Crippen LogP contribution >= 0.6 is 0 Å². The van der Waals surface area contributed by atoms with E-state index < -0.39 is 29.7 Å². The minimum absolute atomic E-state index is 0.0329. The van der Waals surface area contributed by atoms with Crippen LogP contribution in [0.15, 0.2) is 53.3 Å². The first-order valence-electron chi connectivity index (χ1n) is 14.7. The van der Waals surface area contributed by atoms with Gasteiger partial charge < -0.3 is 19.0 Å². The summed E-state index contributed by atoms with van der Waals surface area (Å²) in [6.07, 6.45) is 3.25. The number of hydrogen-bond donors (Lipinski definition) is 2. The highest BCUT2D eigenvalue weighted by Crippen LogP contribution is 2.39. The summed E-state index contributed by atoms with van der Waals surface area (Å²) in [5.74, 6) is -0.653. The van der Waals surface area contributed by atoms with Gasteiger partial charge in [-0.25, -0.2) is 4.98 Å². The summed E-state index contributed by atoms with van der Waals surface area (Å²) >= 11 is 0. The van der Waals surface area contributed by atoms with Crippen molar-refractivity contribution in [2.24, 2.45) is 5.92 Å². The molecule has 2 aromatic heterocycles. The van der Waals surface area contributed by atoms with E-state index in [1.54, 1.807) is 18.5 Å². The fourth-order valence-corrected chi connectivity index (χ4v) is 5.75. The van der Waals surface area contributed by atoms with E-state index in [0.717, 1.165) is 42.5 Å². The van der Waals surface area contributed by atoms with Gasteiger partial charge >= 0.3 is 6.18 Å². The maximum Gasteiger partial charge on any atom is 0.407 e. The number of benzene rings is 2. The van der Waals surface area contributed by atoms with E-state index in [0.29, 0.717) is 29.4 Å². The molecule has 2 aliphatic rings. The molecule has 43 heavy (non-hydrogen) atoms. The largest absolute Gasteiger partial charge is 0.456 e. The maximum absolute atomic E-state index is 14.5. The Kier molecular flexibility index (Phi) is 7.69. The second-order valence-corrected chi connectivity index (χ2v) is 12.1. The van der Waals surface area contributed by atoms with Crippen molar-refractivity contribution in [3.8, 4) is 17.3 Å². The molecule has 2 N–H and O–H groups in total. The number of nitrogens with zero attached hydrogens (tertiary/aromatic N) is 3. The number of nitrogens with one attached hydrogen (secondary N) is 2. The van der Waals surface area contributed by atoms with Crippen molar-refractivity contribution >= 4 is 27.8 Å². The SMILES string of the molecule is CC(C)CC(NC(c1ccc2c(c1)oc1ccc(-c3cn(C4CCCCO4)cn3)cc12)C(F)(F)F)C(=O)NC1(C#N)CC1. The first kappa shape index (κ1) is 29.2. The van der Waals surface area contributed by atoms with Gasteiger partial charge in [0.05, 0.1) is 24.1 Å². The van der Waals surface area contributed by atoms with Gasteiger partial charge in [-0.05, 0) is 74.3 Å². The topological polar surface area (TPSA) is 105 Å². The van der Waals surface area contributed by atoms with Crippen molar-refractivity contribution < 1.29 is 27.1 Å². The zero-order valence-electron chi connectivity index (χ0n) is 24.1. The summed E-state index contributed by atoms with van der Waals surface area (Å²) in [6.45, 7) is 4.40. The molecule has 8 nitrogen and oxygen atoms in total. The molecule has 4 aromatic rings. The second kappa shape index (κ2) is 11.3. The van der Waals surface area contributed by atoms with Crippen LogP contribution in [0.4, 0.5) is 13.2 Å². The average molecular weight is 594 g/mol. The molecule has 11 heteroatoms. The van der Waals surface area contributed by atoms with E-state index >= 15 is 0 Å². The van der Waals surface area contributed by atoms with Crippen LogP contribution in [-0.4, -0.2) is 39.8 Å². The molecule has 1 saturated carbocycles. The molecule has 1 aliphatic heterocycles. The highest BCUT2D eigenvalue weighted by atomic mass is 19.4. The zero-order valence-corrected chi connectivity index (χ0v) is 24.1. The number of amides is 1. The molecule has 0 radical (unpaired) electrons. The lowest BCUT2D eigenvalue weighted by molar-refractivity contribution is -0.161. The molecule has 226 valence electrons. The quantitative estimate of drug-likeness (QED) is 0.218. The van der Waals surface area contributed by atoms with Crippen LogP contribution in [0.1, 0.15) is 70.2 Å². The summed E-state index contributed by atoms with van der Waals surface area (Å²) in [5, 5.41) is 16.0. The van der Waals surface area contributed by atoms with Gasteiger partial charge in [-0.2, -0.15) is 18.4 Å². The summed E-state index contributed by atoms with van der Waals surface area (Å²) in [5.41, 5.74) is 1.45. The Morgan fingerprint density at radius 2 is 1.98 bits per heavy atom. The van der Waals surface area contributed by atoms with Crippen molar-refractivity contribution in [3.05, 3.63) is 54.5 Å². The molecular formula is C32H34F3N5O3. The Hall–Kier alpha value is -3.88. The number of carbonyl (C=O) groups excluding carboxylic acids is 1. The third-order valence-electron chi connectivity index (χ3n) is 8.26. The van der Waals surface area contributed by atoms with Crippen LogP contribution in [-0.2, 0) is 9.53 Å². The predicted octanol–water partition coefficient (Wildman–Crippen LogP) is 6.93. The van der Waals surface area contributed by atoms with Gasteiger partial charge in [-0.15, -0.1) is 0 Å². The van der Waals surface area contributed by atoms with Gasteiger partial charge in [0.15, 0.2) is 0 Å². The standard InChI is InChI=1S/C32H34F3N5O3/c1-19(2)13-24(30(41)39-31(17-36)10-11-31)38-29(32(33,34)35)21-6-8-22-23-14-20(7-9-26(23)43-27(22)15-21)25-16-40(18-37-25)28-5-3-4-12-42-28/h6-9,14-16,18-19,24,28-29,38H,3-5,10-13H2,1-2H3,(H,39,41). The molecule has 6 rings (SSSR count). The number of alkyl halides is 3. The highest BCUT2D eigenvalue weighted by Gasteiger charge is 2.47. The van der Waals surface area contributed by atoms with E-state index in [-0.39, 0.29) is 24.1 Å². The zero-order chi connectivity index (χ0) is 30.4.